The minimum Gasteiger partial charge on any atom is -0.369 e. The second-order valence-corrected chi connectivity index (χ2v) is 5.80. The predicted octanol–water partition coefficient (Wildman–Crippen LogP) is 3.60. The molecular formula is C13H18BrClN2. The van der Waals surface area contributed by atoms with Gasteiger partial charge in [0.15, 0.2) is 0 Å². The van der Waals surface area contributed by atoms with E-state index in [-0.39, 0.29) is 0 Å². The molecule has 0 saturated carbocycles. The first kappa shape index (κ1) is 13.2. The molecule has 94 valence electrons. The molecule has 1 aliphatic rings. The van der Waals surface area contributed by atoms with Gasteiger partial charge in [0.05, 0.1) is 5.69 Å². The van der Waals surface area contributed by atoms with E-state index in [0.717, 1.165) is 34.7 Å². The molecule has 4 heteroatoms. The monoisotopic (exact) mass is 316 g/mol. The Hall–Kier alpha value is -0.250. The van der Waals surface area contributed by atoms with Crippen molar-refractivity contribution in [3.63, 3.8) is 0 Å². The summed E-state index contributed by atoms with van der Waals surface area (Å²) in [6.45, 7) is 7.37. The lowest BCUT2D eigenvalue weighted by molar-refractivity contribution is 0.572. The summed E-state index contributed by atoms with van der Waals surface area (Å²) < 4.78 is 1.14. The maximum absolute atomic E-state index is 6.20. The molecule has 1 N–H and O–H groups in total. The molecule has 1 aromatic rings. The molecule has 2 nitrogen and oxygen atoms in total. The molecule has 1 unspecified atom stereocenters. The number of likely N-dealkylation sites (N-methyl/N-ethyl adjacent to an activating group) is 1. The highest BCUT2D eigenvalue weighted by molar-refractivity contribution is 9.10. The van der Waals surface area contributed by atoms with Gasteiger partial charge in [0.25, 0.3) is 0 Å². The van der Waals surface area contributed by atoms with E-state index in [9.17, 15) is 0 Å². The first-order valence-corrected chi connectivity index (χ1v) is 7.23. The standard InChI is InChI=1S/C13H18BrClN2/c1-3-16-10-4-5-17(8-10)13-7-12(15)9(2)6-11(13)14/h6-7,10,16H,3-5,8H2,1-2H3. The lowest BCUT2D eigenvalue weighted by atomic mass is 10.2. The smallest absolute Gasteiger partial charge is 0.0526 e. The van der Waals surface area contributed by atoms with E-state index in [4.69, 9.17) is 11.6 Å². The van der Waals surface area contributed by atoms with Crippen LogP contribution >= 0.6 is 27.5 Å². The maximum atomic E-state index is 6.20. The minimum absolute atomic E-state index is 0.604. The Balaban J connectivity index is 2.16. The van der Waals surface area contributed by atoms with E-state index in [1.165, 1.54) is 12.1 Å². The number of aryl methyl sites for hydroxylation is 1. The molecule has 0 aromatic heterocycles. The molecule has 1 saturated heterocycles. The second-order valence-electron chi connectivity index (χ2n) is 4.54. The van der Waals surface area contributed by atoms with Gasteiger partial charge < -0.3 is 10.2 Å². The molecule has 2 rings (SSSR count). The SMILES string of the molecule is CCNC1CCN(c2cc(Cl)c(C)cc2Br)C1. The Labute approximate surface area is 116 Å². The molecule has 0 radical (unpaired) electrons. The molecule has 1 aromatic carbocycles. The summed E-state index contributed by atoms with van der Waals surface area (Å²) >= 11 is 9.83. The van der Waals surface area contributed by atoms with Gasteiger partial charge in [0, 0.05) is 28.6 Å². The van der Waals surface area contributed by atoms with Crippen molar-refractivity contribution in [2.45, 2.75) is 26.3 Å². The third kappa shape index (κ3) is 2.95. The van der Waals surface area contributed by atoms with E-state index in [2.05, 4.69) is 45.2 Å². The first-order chi connectivity index (χ1) is 8.11. The number of hydrogen-bond acceptors (Lipinski definition) is 2. The van der Waals surface area contributed by atoms with Crippen LogP contribution < -0.4 is 10.2 Å². The molecule has 0 bridgehead atoms. The normalized spacial score (nSPS) is 20.0. The molecule has 17 heavy (non-hydrogen) atoms. The molecule has 1 aliphatic heterocycles. The van der Waals surface area contributed by atoms with Gasteiger partial charge in [0.1, 0.15) is 0 Å². The molecule has 0 aliphatic carbocycles. The molecule has 1 atom stereocenters. The van der Waals surface area contributed by atoms with Crippen LogP contribution in [0.3, 0.4) is 0 Å². The highest BCUT2D eigenvalue weighted by atomic mass is 79.9. The Kier molecular flexibility index (Phi) is 4.34. The number of hydrogen-bond donors (Lipinski definition) is 1. The Morgan fingerprint density at radius 3 is 3.00 bits per heavy atom. The highest BCUT2D eigenvalue weighted by Gasteiger charge is 2.23. The zero-order valence-corrected chi connectivity index (χ0v) is 12.6. The van der Waals surface area contributed by atoms with E-state index >= 15 is 0 Å². The van der Waals surface area contributed by atoms with E-state index in [1.54, 1.807) is 0 Å². The van der Waals surface area contributed by atoms with Gasteiger partial charge in [-0.05, 0) is 53.5 Å². The fourth-order valence-corrected chi connectivity index (χ4v) is 3.18. The molecule has 0 spiro atoms. The van der Waals surface area contributed by atoms with Gasteiger partial charge in [-0.3, -0.25) is 0 Å². The summed E-state index contributed by atoms with van der Waals surface area (Å²) in [7, 11) is 0. The summed E-state index contributed by atoms with van der Waals surface area (Å²) in [6.07, 6.45) is 1.20. The van der Waals surface area contributed by atoms with Crippen LogP contribution in [-0.2, 0) is 0 Å². The van der Waals surface area contributed by atoms with Crippen molar-refractivity contribution in [1.82, 2.24) is 5.32 Å². The van der Waals surface area contributed by atoms with Gasteiger partial charge in [-0.1, -0.05) is 18.5 Å². The molecular weight excluding hydrogens is 300 g/mol. The molecule has 0 amide bonds. The molecule has 1 fully saturated rings. The van der Waals surface area contributed by atoms with Crippen LogP contribution in [0.5, 0.6) is 0 Å². The van der Waals surface area contributed by atoms with Crippen LogP contribution in [-0.4, -0.2) is 25.7 Å². The largest absolute Gasteiger partial charge is 0.369 e. The summed E-state index contributed by atoms with van der Waals surface area (Å²) in [5.74, 6) is 0. The lowest BCUT2D eigenvalue weighted by Gasteiger charge is -2.21. The summed E-state index contributed by atoms with van der Waals surface area (Å²) in [4.78, 5) is 2.39. The third-order valence-corrected chi connectivity index (χ3v) is 4.29. The lowest BCUT2D eigenvalue weighted by Crippen LogP contribution is -2.32. The van der Waals surface area contributed by atoms with Crippen LogP contribution in [0.1, 0.15) is 18.9 Å². The van der Waals surface area contributed by atoms with Crippen molar-refractivity contribution in [3.8, 4) is 0 Å². The Bertz CT molecular complexity index is 409. The zero-order valence-electron chi connectivity index (χ0n) is 10.3. The maximum Gasteiger partial charge on any atom is 0.0526 e. The van der Waals surface area contributed by atoms with Gasteiger partial charge in [-0.15, -0.1) is 0 Å². The van der Waals surface area contributed by atoms with Gasteiger partial charge in [-0.25, -0.2) is 0 Å². The van der Waals surface area contributed by atoms with E-state index in [0.29, 0.717) is 6.04 Å². The summed E-state index contributed by atoms with van der Waals surface area (Å²) in [5.41, 5.74) is 2.32. The van der Waals surface area contributed by atoms with Crippen molar-refractivity contribution in [1.29, 1.82) is 0 Å². The van der Waals surface area contributed by atoms with Crippen molar-refractivity contribution in [2.75, 3.05) is 24.5 Å². The van der Waals surface area contributed by atoms with Gasteiger partial charge in [0.2, 0.25) is 0 Å². The van der Waals surface area contributed by atoms with Crippen LogP contribution in [0.25, 0.3) is 0 Å². The average Bonchev–Trinajstić information content (AvgIpc) is 2.72. The van der Waals surface area contributed by atoms with E-state index in [1.807, 2.05) is 6.92 Å². The molecule has 1 heterocycles. The highest BCUT2D eigenvalue weighted by Crippen LogP contribution is 2.33. The average molecular weight is 318 g/mol. The zero-order chi connectivity index (χ0) is 12.4. The quantitative estimate of drug-likeness (QED) is 0.916. The summed E-state index contributed by atoms with van der Waals surface area (Å²) in [5, 5.41) is 4.34. The van der Waals surface area contributed by atoms with Crippen LogP contribution in [0, 0.1) is 6.92 Å². The van der Waals surface area contributed by atoms with Crippen molar-refractivity contribution in [3.05, 3.63) is 27.2 Å². The van der Waals surface area contributed by atoms with Crippen molar-refractivity contribution < 1.29 is 0 Å². The second kappa shape index (κ2) is 5.59. The number of anilines is 1. The van der Waals surface area contributed by atoms with E-state index < -0.39 is 0 Å². The van der Waals surface area contributed by atoms with Crippen LogP contribution in [0.15, 0.2) is 16.6 Å². The van der Waals surface area contributed by atoms with Gasteiger partial charge in [-0.2, -0.15) is 0 Å². The third-order valence-electron chi connectivity index (χ3n) is 3.25. The fraction of sp³-hybridized carbons (Fsp3) is 0.538. The first-order valence-electron chi connectivity index (χ1n) is 6.05. The summed E-state index contributed by atoms with van der Waals surface area (Å²) in [6, 6.07) is 4.76. The fourth-order valence-electron chi connectivity index (χ4n) is 2.31. The van der Waals surface area contributed by atoms with Crippen molar-refractivity contribution >= 4 is 33.2 Å². The van der Waals surface area contributed by atoms with Crippen LogP contribution in [0.4, 0.5) is 5.69 Å². The number of benzene rings is 1. The topological polar surface area (TPSA) is 15.3 Å². The number of nitrogens with one attached hydrogen (secondary N) is 1. The minimum atomic E-state index is 0.604. The number of halogens is 2. The van der Waals surface area contributed by atoms with Gasteiger partial charge >= 0.3 is 0 Å². The number of nitrogens with zero attached hydrogens (tertiary/aromatic N) is 1. The number of rotatable bonds is 3. The van der Waals surface area contributed by atoms with Crippen molar-refractivity contribution in [2.24, 2.45) is 0 Å². The predicted molar refractivity (Wildman–Crippen MR) is 78.2 cm³/mol. The van der Waals surface area contributed by atoms with Crippen LogP contribution in [0.2, 0.25) is 5.02 Å². The Morgan fingerprint density at radius 2 is 2.29 bits per heavy atom. The Morgan fingerprint density at radius 1 is 1.53 bits per heavy atom.